The molecule has 0 amide bonds. The summed E-state index contributed by atoms with van der Waals surface area (Å²) in [6.45, 7) is -0.663. The van der Waals surface area contributed by atoms with E-state index >= 15 is 0 Å². The van der Waals surface area contributed by atoms with Gasteiger partial charge in [0.2, 0.25) is 12.0 Å². The van der Waals surface area contributed by atoms with E-state index in [1.165, 1.54) is 26.4 Å². The van der Waals surface area contributed by atoms with Gasteiger partial charge in [0.15, 0.2) is 28.7 Å². The summed E-state index contributed by atoms with van der Waals surface area (Å²) in [4.78, 5) is 24.9. The first-order valence-electron chi connectivity index (χ1n) is 10.3. The fraction of sp³-hybridized carbons (Fsp3) is 0.364. The second kappa shape index (κ2) is 10.7. The van der Waals surface area contributed by atoms with Crippen molar-refractivity contribution >= 4 is 11.9 Å². The number of rotatable bonds is 7. The molecule has 0 bridgehead atoms. The van der Waals surface area contributed by atoms with Crippen molar-refractivity contribution < 1.29 is 69.0 Å². The molecule has 0 saturated carbocycles. The molecule has 0 aromatic heterocycles. The van der Waals surface area contributed by atoms with Crippen molar-refractivity contribution in [3.05, 3.63) is 35.4 Å². The Labute approximate surface area is 203 Å². The zero-order valence-electron chi connectivity index (χ0n) is 18.9. The Hall–Kier alpha value is -3.98. The van der Waals surface area contributed by atoms with Gasteiger partial charge in [-0.3, -0.25) is 0 Å². The minimum Gasteiger partial charge on any atom is -0.504 e. The van der Waals surface area contributed by atoms with Crippen molar-refractivity contribution in [3.8, 4) is 34.5 Å². The van der Waals surface area contributed by atoms with E-state index in [0.29, 0.717) is 0 Å². The standard InChI is InChI=1S/C22H24O14/c1-32-12-5-9(6-13(33-2)16(12)26)20(30)34-7-14-17(27)18(28)19(29)22(35-14)36-21(31)8-3-10(23)15(25)11(24)4-8/h3-6,14,17-19,22-29H,7H2,1-2H3/t14-,17-,18+,19-,22+/m1/s1. The Balaban J connectivity index is 1.71. The summed E-state index contributed by atoms with van der Waals surface area (Å²) in [5.41, 5.74) is -0.528. The Kier molecular flexibility index (Phi) is 7.94. The van der Waals surface area contributed by atoms with Gasteiger partial charge in [0.05, 0.1) is 25.3 Å². The van der Waals surface area contributed by atoms with E-state index in [9.17, 15) is 45.3 Å². The van der Waals surface area contributed by atoms with Crippen LogP contribution in [0.15, 0.2) is 24.3 Å². The summed E-state index contributed by atoms with van der Waals surface area (Å²) < 4.78 is 25.3. The zero-order valence-corrected chi connectivity index (χ0v) is 18.9. The molecule has 14 heteroatoms. The summed E-state index contributed by atoms with van der Waals surface area (Å²) in [6.07, 6.45) is -8.87. The van der Waals surface area contributed by atoms with Crippen LogP contribution in [-0.2, 0) is 14.2 Å². The molecule has 2 aromatic rings. The van der Waals surface area contributed by atoms with Crippen LogP contribution in [0.2, 0.25) is 0 Å². The van der Waals surface area contributed by atoms with Crippen LogP contribution in [0.25, 0.3) is 0 Å². The highest BCUT2D eigenvalue weighted by Gasteiger charge is 2.46. The third-order valence-corrected chi connectivity index (χ3v) is 5.29. The fourth-order valence-corrected chi connectivity index (χ4v) is 3.30. The zero-order chi connectivity index (χ0) is 26.7. The number of hydrogen-bond donors (Lipinski definition) is 7. The largest absolute Gasteiger partial charge is 0.504 e. The molecule has 1 saturated heterocycles. The van der Waals surface area contributed by atoms with E-state index in [-0.39, 0.29) is 22.8 Å². The molecule has 5 atom stereocenters. The van der Waals surface area contributed by atoms with Gasteiger partial charge in [0, 0.05) is 0 Å². The number of carbonyl (C=O) groups is 2. The molecule has 1 heterocycles. The summed E-state index contributed by atoms with van der Waals surface area (Å²) in [7, 11) is 2.51. The van der Waals surface area contributed by atoms with Crippen LogP contribution in [0, 0.1) is 0 Å². The van der Waals surface area contributed by atoms with Gasteiger partial charge in [0.25, 0.3) is 0 Å². The lowest BCUT2D eigenvalue weighted by atomic mass is 9.99. The van der Waals surface area contributed by atoms with Crippen molar-refractivity contribution in [1.29, 1.82) is 0 Å². The van der Waals surface area contributed by atoms with Gasteiger partial charge in [-0.1, -0.05) is 0 Å². The van der Waals surface area contributed by atoms with Crippen molar-refractivity contribution in [2.75, 3.05) is 20.8 Å². The molecule has 14 nitrogen and oxygen atoms in total. The molecule has 0 radical (unpaired) electrons. The predicted molar refractivity (Wildman–Crippen MR) is 115 cm³/mol. The molecule has 1 aliphatic rings. The van der Waals surface area contributed by atoms with Crippen LogP contribution in [0.1, 0.15) is 20.7 Å². The molecule has 0 unspecified atom stereocenters. The van der Waals surface area contributed by atoms with Crippen LogP contribution in [-0.4, -0.2) is 99.2 Å². The minimum atomic E-state index is -1.92. The number of ether oxygens (including phenoxy) is 5. The van der Waals surface area contributed by atoms with Gasteiger partial charge in [-0.2, -0.15) is 0 Å². The topological polar surface area (TPSA) is 222 Å². The molecule has 0 aliphatic carbocycles. The summed E-state index contributed by atoms with van der Waals surface area (Å²) in [5, 5.41) is 69.0. The van der Waals surface area contributed by atoms with Crippen molar-refractivity contribution in [2.45, 2.75) is 30.7 Å². The van der Waals surface area contributed by atoms with Crippen LogP contribution in [0.3, 0.4) is 0 Å². The lowest BCUT2D eigenvalue weighted by Gasteiger charge is -2.39. The number of methoxy groups -OCH3 is 2. The Bertz CT molecular complexity index is 1080. The maximum atomic E-state index is 12.5. The average molecular weight is 512 g/mol. The number of hydrogen-bond acceptors (Lipinski definition) is 14. The lowest BCUT2D eigenvalue weighted by Crippen LogP contribution is -2.59. The van der Waals surface area contributed by atoms with Crippen LogP contribution < -0.4 is 9.47 Å². The van der Waals surface area contributed by atoms with Gasteiger partial charge in [-0.25, -0.2) is 9.59 Å². The fourth-order valence-electron chi connectivity index (χ4n) is 3.30. The highest BCUT2D eigenvalue weighted by molar-refractivity contribution is 5.91. The Morgan fingerprint density at radius 1 is 0.778 bits per heavy atom. The first-order chi connectivity index (χ1) is 17.0. The van der Waals surface area contributed by atoms with Crippen LogP contribution in [0.4, 0.5) is 0 Å². The Morgan fingerprint density at radius 2 is 1.31 bits per heavy atom. The monoisotopic (exact) mass is 512 g/mol. The lowest BCUT2D eigenvalue weighted by molar-refractivity contribution is -0.285. The molecular weight excluding hydrogens is 488 g/mol. The van der Waals surface area contributed by atoms with Gasteiger partial charge in [0.1, 0.15) is 31.0 Å². The van der Waals surface area contributed by atoms with E-state index in [1.807, 2.05) is 0 Å². The number of esters is 2. The minimum absolute atomic E-state index is 0.0768. The third kappa shape index (κ3) is 5.31. The number of benzene rings is 2. The number of aromatic hydroxyl groups is 4. The van der Waals surface area contributed by atoms with Gasteiger partial charge in [-0.15, -0.1) is 0 Å². The summed E-state index contributed by atoms with van der Waals surface area (Å²) >= 11 is 0. The summed E-state index contributed by atoms with van der Waals surface area (Å²) in [5.74, 6) is -5.20. The molecule has 196 valence electrons. The molecule has 36 heavy (non-hydrogen) atoms. The average Bonchev–Trinajstić information content (AvgIpc) is 2.86. The van der Waals surface area contributed by atoms with E-state index in [2.05, 4.69) is 0 Å². The molecule has 1 aliphatic heterocycles. The van der Waals surface area contributed by atoms with Crippen molar-refractivity contribution in [1.82, 2.24) is 0 Å². The molecule has 7 N–H and O–H groups in total. The number of phenols is 4. The molecular formula is C22H24O14. The maximum absolute atomic E-state index is 12.5. The van der Waals surface area contributed by atoms with E-state index in [0.717, 1.165) is 12.1 Å². The van der Waals surface area contributed by atoms with Crippen molar-refractivity contribution in [3.63, 3.8) is 0 Å². The second-order valence-corrected chi connectivity index (χ2v) is 7.61. The molecule has 2 aromatic carbocycles. The van der Waals surface area contributed by atoms with Gasteiger partial charge >= 0.3 is 11.9 Å². The molecule has 3 rings (SSSR count). The SMILES string of the molecule is COc1cc(C(=O)OC[C@H]2O[C@@H](OC(=O)c3cc(O)c(O)c(O)c3)[C@H](O)[C@@H](O)[C@@H]2O)cc(OC)c1O. The second-order valence-electron chi connectivity index (χ2n) is 7.61. The highest BCUT2D eigenvalue weighted by atomic mass is 16.7. The van der Waals surface area contributed by atoms with Gasteiger partial charge < -0.3 is 59.4 Å². The van der Waals surface area contributed by atoms with E-state index in [4.69, 9.17) is 23.7 Å². The smallest absolute Gasteiger partial charge is 0.340 e. The molecule has 0 spiro atoms. The molecule has 1 fully saturated rings. The van der Waals surface area contributed by atoms with E-state index < -0.39 is 72.1 Å². The normalized spacial score (nSPS) is 23.5. The maximum Gasteiger partial charge on any atom is 0.340 e. The first-order valence-corrected chi connectivity index (χ1v) is 10.3. The number of carbonyl (C=O) groups excluding carboxylic acids is 2. The van der Waals surface area contributed by atoms with Crippen molar-refractivity contribution in [2.24, 2.45) is 0 Å². The predicted octanol–water partition coefficient (Wildman–Crippen LogP) is -0.652. The number of phenolic OH excluding ortho intramolecular Hbond substituents is 4. The third-order valence-electron chi connectivity index (χ3n) is 5.29. The summed E-state index contributed by atoms with van der Waals surface area (Å²) in [6, 6.07) is 3.89. The van der Waals surface area contributed by atoms with E-state index in [1.54, 1.807) is 0 Å². The van der Waals surface area contributed by atoms with Crippen LogP contribution in [0.5, 0.6) is 34.5 Å². The number of aliphatic hydroxyl groups excluding tert-OH is 3. The quantitative estimate of drug-likeness (QED) is 0.181. The van der Waals surface area contributed by atoms with Crippen LogP contribution >= 0.6 is 0 Å². The first kappa shape index (κ1) is 26.6. The highest BCUT2D eigenvalue weighted by Crippen LogP contribution is 2.38. The number of aliphatic hydroxyl groups is 3. The Morgan fingerprint density at radius 3 is 1.83 bits per heavy atom. The van der Waals surface area contributed by atoms with Gasteiger partial charge in [-0.05, 0) is 24.3 Å².